The summed E-state index contributed by atoms with van der Waals surface area (Å²) < 4.78 is 6.15. The number of aromatic hydroxyl groups is 1. The van der Waals surface area contributed by atoms with Gasteiger partial charge in [-0.25, -0.2) is 0 Å². The number of phenols is 1. The topological polar surface area (TPSA) is 59.2 Å². The molecule has 0 unspecified atom stereocenters. The molecule has 5 heteroatoms. The van der Waals surface area contributed by atoms with E-state index in [2.05, 4.69) is 26.1 Å². The highest BCUT2D eigenvalue weighted by Gasteiger charge is 2.12. The lowest BCUT2D eigenvalue weighted by atomic mass is 10.1. The minimum absolute atomic E-state index is 0.230. The van der Waals surface area contributed by atoms with Crippen LogP contribution in [-0.2, 0) is 6.42 Å². The largest absolute Gasteiger partial charge is 0.508 e. The van der Waals surface area contributed by atoms with E-state index in [0.29, 0.717) is 18.1 Å². The predicted octanol–water partition coefficient (Wildman–Crippen LogP) is 3.80. The van der Waals surface area contributed by atoms with Crippen LogP contribution in [0.3, 0.4) is 0 Å². The molecule has 0 aliphatic rings. The molecule has 0 atom stereocenters. The number of phenolic OH excluding ortho intramolecular Hbond substituents is 1. The molecule has 2 aromatic carbocycles. The number of para-hydroxylation sites is 1. The summed E-state index contributed by atoms with van der Waals surface area (Å²) in [7, 11) is 0. The Balaban J connectivity index is 1.88. The molecule has 3 aromatic rings. The van der Waals surface area contributed by atoms with Crippen LogP contribution in [0.1, 0.15) is 11.5 Å². The van der Waals surface area contributed by atoms with E-state index in [1.165, 1.54) is 0 Å². The zero-order chi connectivity index (χ0) is 13.9. The Bertz CT molecular complexity index is 740. The molecule has 4 nitrogen and oxygen atoms in total. The lowest BCUT2D eigenvalue weighted by Crippen LogP contribution is -1.89. The van der Waals surface area contributed by atoms with Gasteiger partial charge in [0.1, 0.15) is 5.75 Å². The molecule has 1 N–H and O–H groups in total. The second kappa shape index (κ2) is 5.46. The smallest absolute Gasteiger partial charge is 0.231 e. The Morgan fingerprint density at radius 2 is 1.80 bits per heavy atom. The van der Waals surface area contributed by atoms with Gasteiger partial charge in [0.15, 0.2) is 0 Å². The van der Waals surface area contributed by atoms with E-state index < -0.39 is 0 Å². The van der Waals surface area contributed by atoms with Crippen molar-refractivity contribution < 1.29 is 9.63 Å². The van der Waals surface area contributed by atoms with Crippen molar-refractivity contribution in [3.8, 4) is 17.1 Å². The summed E-state index contributed by atoms with van der Waals surface area (Å²) in [6.45, 7) is 0. The summed E-state index contributed by atoms with van der Waals surface area (Å²) >= 11 is 3.46. The lowest BCUT2D eigenvalue weighted by molar-refractivity contribution is 0.383. The molecule has 0 aliphatic carbocycles. The summed E-state index contributed by atoms with van der Waals surface area (Å²) in [4.78, 5) is 4.36. The lowest BCUT2D eigenvalue weighted by Gasteiger charge is -1.99. The van der Waals surface area contributed by atoms with Gasteiger partial charge >= 0.3 is 0 Å². The SMILES string of the molecule is Oc1ccccc1Cc1nc(-c2ccccc2Br)no1. The third-order valence-corrected chi connectivity index (χ3v) is 3.61. The van der Waals surface area contributed by atoms with Crippen LogP contribution in [0.4, 0.5) is 0 Å². The molecule has 0 fully saturated rings. The first-order chi connectivity index (χ1) is 9.74. The van der Waals surface area contributed by atoms with E-state index in [1.54, 1.807) is 12.1 Å². The minimum Gasteiger partial charge on any atom is -0.508 e. The van der Waals surface area contributed by atoms with Crippen LogP contribution in [0.5, 0.6) is 5.75 Å². The highest BCUT2D eigenvalue weighted by atomic mass is 79.9. The van der Waals surface area contributed by atoms with Crippen LogP contribution in [0.15, 0.2) is 57.5 Å². The van der Waals surface area contributed by atoms with Crippen molar-refractivity contribution in [2.24, 2.45) is 0 Å². The number of benzene rings is 2. The van der Waals surface area contributed by atoms with Gasteiger partial charge in [0.2, 0.25) is 11.7 Å². The second-order valence-electron chi connectivity index (χ2n) is 4.30. The van der Waals surface area contributed by atoms with Gasteiger partial charge in [-0.15, -0.1) is 0 Å². The maximum Gasteiger partial charge on any atom is 0.231 e. The fourth-order valence-electron chi connectivity index (χ4n) is 1.90. The van der Waals surface area contributed by atoms with Crippen molar-refractivity contribution in [1.29, 1.82) is 0 Å². The number of hydrogen-bond donors (Lipinski definition) is 1. The van der Waals surface area contributed by atoms with Crippen LogP contribution in [0.2, 0.25) is 0 Å². The third-order valence-electron chi connectivity index (χ3n) is 2.92. The van der Waals surface area contributed by atoms with Crippen LogP contribution < -0.4 is 0 Å². The Morgan fingerprint density at radius 1 is 1.05 bits per heavy atom. The van der Waals surface area contributed by atoms with E-state index in [-0.39, 0.29) is 5.75 Å². The Morgan fingerprint density at radius 3 is 2.60 bits per heavy atom. The highest BCUT2D eigenvalue weighted by molar-refractivity contribution is 9.10. The van der Waals surface area contributed by atoms with E-state index in [1.807, 2.05) is 36.4 Å². The van der Waals surface area contributed by atoms with Crippen molar-refractivity contribution in [2.45, 2.75) is 6.42 Å². The molecule has 20 heavy (non-hydrogen) atoms. The minimum atomic E-state index is 0.230. The van der Waals surface area contributed by atoms with Crippen LogP contribution in [0, 0.1) is 0 Å². The molecular weight excluding hydrogens is 320 g/mol. The molecule has 0 saturated heterocycles. The van der Waals surface area contributed by atoms with Crippen LogP contribution in [-0.4, -0.2) is 15.2 Å². The van der Waals surface area contributed by atoms with Crippen molar-refractivity contribution in [3.05, 3.63) is 64.5 Å². The van der Waals surface area contributed by atoms with Gasteiger partial charge in [-0.1, -0.05) is 51.4 Å². The van der Waals surface area contributed by atoms with E-state index in [9.17, 15) is 5.11 Å². The summed E-state index contributed by atoms with van der Waals surface area (Å²) in [5.41, 5.74) is 1.63. The molecule has 0 spiro atoms. The fourth-order valence-corrected chi connectivity index (χ4v) is 2.36. The first kappa shape index (κ1) is 12.9. The zero-order valence-corrected chi connectivity index (χ0v) is 12.0. The second-order valence-corrected chi connectivity index (χ2v) is 5.15. The molecule has 0 saturated carbocycles. The van der Waals surface area contributed by atoms with E-state index >= 15 is 0 Å². The van der Waals surface area contributed by atoms with Crippen LogP contribution >= 0.6 is 15.9 Å². The summed E-state index contributed by atoms with van der Waals surface area (Å²) in [6, 6.07) is 14.8. The number of halogens is 1. The summed E-state index contributed by atoms with van der Waals surface area (Å²) in [5, 5.41) is 13.7. The predicted molar refractivity (Wildman–Crippen MR) is 78.3 cm³/mol. The van der Waals surface area contributed by atoms with Crippen LogP contribution in [0.25, 0.3) is 11.4 Å². The first-order valence-corrected chi connectivity index (χ1v) is 6.87. The molecule has 0 amide bonds. The maximum absolute atomic E-state index is 9.74. The molecule has 3 rings (SSSR count). The number of rotatable bonds is 3. The van der Waals surface area contributed by atoms with Gasteiger partial charge in [-0.3, -0.25) is 0 Å². The number of hydrogen-bond acceptors (Lipinski definition) is 4. The summed E-state index contributed by atoms with van der Waals surface area (Å²) in [6.07, 6.45) is 0.407. The number of aromatic nitrogens is 2. The zero-order valence-electron chi connectivity index (χ0n) is 10.5. The van der Waals surface area contributed by atoms with Crippen molar-refractivity contribution in [3.63, 3.8) is 0 Å². The molecule has 100 valence electrons. The van der Waals surface area contributed by atoms with Crippen molar-refractivity contribution in [2.75, 3.05) is 0 Å². The average molecular weight is 331 g/mol. The molecule has 1 heterocycles. The molecular formula is C15H11BrN2O2. The highest BCUT2D eigenvalue weighted by Crippen LogP contribution is 2.26. The summed E-state index contributed by atoms with van der Waals surface area (Å²) in [5.74, 6) is 1.23. The standard InChI is InChI=1S/C15H11BrN2O2/c16-12-7-3-2-6-11(12)15-17-14(20-18-15)9-10-5-1-4-8-13(10)19/h1-8,19H,9H2. The van der Waals surface area contributed by atoms with E-state index in [0.717, 1.165) is 15.6 Å². The van der Waals surface area contributed by atoms with Crippen molar-refractivity contribution in [1.82, 2.24) is 10.1 Å². The van der Waals surface area contributed by atoms with Gasteiger partial charge in [0.25, 0.3) is 0 Å². The van der Waals surface area contributed by atoms with Gasteiger partial charge < -0.3 is 9.63 Å². The molecule has 0 bridgehead atoms. The Labute approximate surface area is 124 Å². The van der Waals surface area contributed by atoms with E-state index in [4.69, 9.17) is 4.52 Å². The first-order valence-electron chi connectivity index (χ1n) is 6.08. The van der Waals surface area contributed by atoms with Gasteiger partial charge in [-0.05, 0) is 18.2 Å². The Hall–Kier alpha value is -2.14. The van der Waals surface area contributed by atoms with Gasteiger partial charge in [0.05, 0.1) is 6.42 Å². The monoisotopic (exact) mass is 330 g/mol. The quantitative estimate of drug-likeness (QED) is 0.793. The Kier molecular flexibility index (Phi) is 3.52. The average Bonchev–Trinajstić information content (AvgIpc) is 2.90. The number of nitrogens with zero attached hydrogens (tertiary/aromatic N) is 2. The van der Waals surface area contributed by atoms with Gasteiger partial charge in [0, 0.05) is 15.6 Å². The van der Waals surface area contributed by atoms with Gasteiger partial charge in [-0.2, -0.15) is 4.98 Å². The molecule has 0 radical (unpaired) electrons. The molecule has 0 aliphatic heterocycles. The maximum atomic E-state index is 9.74. The third kappa shape index (κ3) is 2.58. The molecule has 1 aromatic heterocycles. The van der Waals surface area contributed by atoms with Crippen molar-refractivity contribution >= 4 is 15.9 Å². The fraction of sp³-hybridized carbons (Fsp3) is 0.0667. The normalized spacial score (nSPS) is 10.7.